The van der Waals surface area contributed by atoms with Gasteiger partial charge < -0.3 is 0 Å². The first-order chi connectivity index (χ1) is 5.88. The molecule has 0 aliphatic carbocycles. The van der Waals surface area contributed by atoms with E-state index in [0.717, 1.165) is 10.5 Å². The highest BCUT2D eigenvalue weighted by molar-refractivity contribution is 7.84. The van der Waals surface area contributed by atoms with E-state index >= 15 is 0 Å². The SMILES string of the molecule is O=S1N=CC=Cc2ccccc21. The van der Waals surface area contributed by atoms with Crippen LogP contribution in [-0.2, 0) is 11.0 Å². The van der Waals surface area contributed by atoms with Crippen LogP contribution in [0.15, 0.2) is 39.6 Å². The lowest BCUT2D eigenvalue weighted by atomic mass is 10.2. The Labute approximate surface area is 73.2 Å². The van der Waals surface area contributed by atoms with E-state index in [1.165, 1.54) is 0 Å². The molecule has 0 radical (unpaired) electrons. The molecule has 12 heavy (non-hydrogen) atoms. The molecule has 3 heteroatoms. The van der Waals surface area contributed by atoms with E-state index in [9.17, 15) is 4.21 Å². The second-order valence-electron chi connectivity index (χ2n) is 2.40. The molecule has 1 aromatic rings. The van der Waals surface area contributed by atoms with Gasteiger partial charge in [-0.3, -0.25) is 0 Å². The van der Waals surface area contributed by atoms with Crippen molar-refractivity contribution in [3.8, 4) is 0 Å². The summed E-state index contributed by atoms with van der Waals surface area (Å²) in [6, 6.07) is 7.55. The van der Waals surface area contributed by atoms with Crippen molar-refractivity contribution in [2.24, 2.45) is 4.40 Å². The summed E-state index contributed by atoms with van der Waals surface area (Å²) in [4.78, 5) is 0.780. The molecule has 0 amide bonds. The largest absolute Gasteiger partial charge is 0.229 e. The first-order valence-corrected chi connectivity index (χ1v) is 4.70. The second-order valence-corrected chi connectivity index (χ2v) is 3.55. The Morgan fingerprint density at radius 3 is 3.00 bits per heavy atom. The van der Waals surface area contributed by atoms with E-state index in [2.05, 4.69) is 4.40 Å². The Hall–Kier alpha value is -1.22. The third kappa shape index (κ3) is 1.23. The van der Waals surface area contributed by atoms with Crippen LogP contribution in [0.5, 0.6) is 0 Å². The van der Waals surface area contributed by atoms with Gasteiger partial charge >= 0.3 is 0 Å². The van der Waals surface area contributed by atoms with Crippen molar-refractivity contribution in [3.63, 3.8) is 0 Å². The molecular formula is C9H7NOS. The molecule has 1 heterocycles. The van der Waals surface area contributed by atoms with E-state index in [1.807, 2.05) is 30.3 Å². The molecule has 1 aromatic carbocycles. The summed E-state index contributed by atoms with van der Waals surface area (Å²) >= 11 is 0. The van der Waals surface area contributed by atoms with Gasteiger partial charge in [0.25, 0.3) is 0 Å². The fourth-order valence-corrected chi connectivity index (χ4v) is 1.90. The summed E-state index contributed by atoms with van der Waals surface area (Å²) in [5.41, 5.74) is 0.980. The van der Waals surface area contributed by atoms with Crippen molar-refractivity contribution in [2.75, 3.05) is 0 Å². The van der Waals surface area contributed by atoms with Crippen molar-refractivity contribution in [1.82, 2.24) is 0 Å². The van der Waals surface area contributed by atoms with Gasteiger partial charge in [-0.1, -0.05) is 24.3 Å². The summed E-state index contributed by atoms with van der Waals surface area (Å²) in [6.45, 7) is 0. The zero-order chi connectivity index (χ0) is 8.39. The van der Waals surface area contributed by atoms with Crippen LogP contribution >= 0.6 is 0 Å². The van der Waals surface area contributed by atoms with E-state index in [1.54, 1.807) is 12.3 Å². The lowest BCUT2D eigenvalue weighted by Gasteiger charge is -1.98. The third-order valence-corrected chi connectivity index (χ3v) is 2.69. The van der Waals surface area contributed by atoms with Crippen LogP contribution in [0.1, 0.15) is 5.56 Å². The Kier molecular flexibility index (Phi) is 1.87. The normalized spacial score (nSPS) is 20.2. The number of hydrogen-bond acceptors (Lipinski definition) is 1. The fourth-order valence-electron chi connectivity index (χ4n) is 1.07. The van der Waals surface area contributed by atoms with Gasteiger partial charge in [0.15, 0.2) is 11.0 Å². The molecule has 1 atom stereocenters. The zero-order valence-electron chi connectivity index (χ0n) is 6.31. The Morgan fingerprint density at radius 1 is 1.25 bits per heavy atom. The monoisotopic (exact) mass is 177 g/mol. The highest BCUT2D eigenvalue weighted by Gasteiger charge is 2.06. The van der Waals surface area contributed by atoms with Crippen LogP contribution in [-0.4, -0.2) is 10.4 Å². The predicted molar refractivity (Wildman–Crippen MR) is 50.4 cm³/mol. The van der Waals surface area contributed by atoms with Crippen LogP contribution in [0.2, 0.25) is 0 Å². The molecule has 0 N–H and O–H groups in total. The topological polar surface area (TPSA) is 29.4 Å². The van der Waals surface area contributed by atoms with E-state index < -0.39 is 11.0 Å². The third-order valence-electron chi connectivity index (χ3n) is 1.63. The van der Waals surface area contributed by atoms with Crippen LogP contribution in [0.3, 0.4) is 0 Å². The van der Waals surface area contributed by atoms with Gasteiger partial charge in [-0.05, 0) is 17.7 Å². The summed E-state index contributed by atoms with van der Waals surface area (Å²) in [6.07, 6.45) is 5.27. The molecule has 2 rings (SSSR count). The van der Waals surface area contributed by atoms with E-state index in [0.29, 0.717) is 0 Å². The average molecular weight is 177 g/mol. The molecule has 0 spiro atoms. The maximum atomic E-state index is 11.4. The maximum absolute atomic E-state index is 11.4. The predicted octanol–water partition coefficient (Wildman–Crippen LogP) is 1.81. The number of fused-ring (bicyclic) bond motifs is 1. The maximum Gasteiger partial charge on any atom is 0.173 e. The number of hydrogen-bond donors (Lipinski definition) is 0. The summed E-state index contributed by atoms with van der Waals surface area (Å²) < 4.78 is 15.2. The molecule has 1 aliphatic heterocycles. The van der Waals surface area contributed by atoms with E-state index in [-0.39, 0.29) is 0 Å². The lowest BCUT2D eigenvalue weighted by molar-refractivity contribution is 0.684. The molecule has 60 valence electrons. The van der Waals surface area contributed by atoms with Gasteiger partial charge in [-0.15, -0.1) is 0 Å². The smallest absolute Gasteiger partial charge is 0.173 e. The van der Waals surface area contributed by atoms with Gasteiger partial charge in [0.05, 0.1) is 4.90 Å². The van der Waals surface area contributed by atoms with Gasteiger partial charge in [0.1, 0.15) is 0 Å². The summed E-state index contributed by atoms with van der Waals surface area (Å²) in [7, 11) is -1.23. The highest BCUT2D eigenvalue weighted by atomic mass is 32.2. The minimum absolute atomic E-state index is 0.780. The Morgan fingerprint density at radius 2 is 2.08 bits per heavy atom. The standard InChI is InChI=1S/C9H7NOS/c11-12-9-6-2-1-4-8(9)5-3-7-10-12/h1-7H. The molecule has 0 saturated carbocycles. The average Bonchev–Trinajstić information content (AvgIpc) is 2.29. The van der Waals surface area contributed by atoms with Crippen molar-refractivity contribution in [2.45, 2.75) is 4.90 Å². The Balaban J connectivity index is 2.64. The molecular weight excluding hydrogens is 170 g/mol. The first kappa shape index (κ1) is 7.43. The number of benzene rings is 1. The minimum Gasteiger partial charge on any atom is -0.229 e. The van der Waals surface area contributed by atoms with Crippen molar-refractivity contribution < 1.29 is 4.21 Å². The van der Waals surface area contributed by atoms with E-state index in [4.69, 9.17) is 0 Å². The fraction of sp³-hybridized carbons (Fsp3) is 0. The Bertz CT molecular complexity index is 382. The van der Waals surface area contributed by atoms with Crippen molar-refractivity contribution in [1.29, 1.82) is 0 Å². The highest BCUT2D eigenvalue weighted by Crippen LogP contribution is 2.17. The number of rotatable bonds is 0. The molecule has 1 unspecified atom stereocenters. The first-order valence-electron chi connectivity index (χ1n) is 3.59. The molecule has 1 aliphatic rings. The van der Waals surface area contributed by atoms with Gasteiger partial charge in [0, 0.05) is 6.21 Å². The van der Waals surface area contributed by atoms with Crippen LogP contribution < -0.4 is 0 Å². The molecule has 0 fully saturated rings. The van der Waals surface area contributed by atoms with Gasteiger partial charge in [0.2, 0.25) is 0 Å². The van der Waals surface area contributed by atoms with Gasteiger partial charge in [-0.25, -0.2) is 4.21 Å². The lowest BCUT2D eigenvalue weighted by Crippen LogP contribution is -1.88. The zero-order valence-corrected chi connectivity index (χ0v) is 7.12. The van der Waals surface area contributed by atoms with Crippen molar-refractivity contribution >= 4 is 23.3 Å². The second kappa shape index (κ2) is 3.03. The minimum atomic E-state index is -1.23. The van der Waals surface area contributed by atoms with Crippen LogP contribution in [0.25, 0.3) is 6.08 Å². The molecule has 0 saturated heterocycles. The molecule has 0 aromatic heterocycles. The number of allylic oxidation sites excluding steroid dienone is 1. The summed E-state index contributed by atoms with van der Waals surface area (Å²) in [5, 5.41) is 0. The van der Waals surface area contributed by atoms with Crippen LogP contribution in [0.4, 0.5) is 0 Å². The molecule has 2 nitrogen and oxygen atoms in total. The quantitative estimate of drug-likeness (QED) is 0.594. The van der Waals surface area contributed by atoms with Gasteiger partial charge in [-0.2, -0.15) is 4.40 Å². The van der Waals surface area contributed by atoms with Crippen molar-refractivity contribution in [3.05, 3.63) is 35.9 Å². The number of nitrogens with zero attached hydrogens (tertiary/aromatic N) is 1. The summed E-state index contributed by atoms with van der Waals surface area (Å²) in [5.74, 6) is 0. The van der Waals surface area contributed by atoms with Crippen LogP contribution in [0, 0.1) is 0 Å². The molecule has 0 bridgehead atoms.